The number of nitrogens with one attached hydrogen (secondary N) is 1. The fourth-order valence-corrected chi connectivity index (χ4v) is 2.90. The molecule has 1 aliphatic carbocycles. The van der Waals surface area contributed by atoms with E-state index in [1.54, 1.807) is 7.11 Å². The molecule has 2 rings (SSSR count). The maximum absolute atomic E-state index is 6.31. The predicted octanol–water partition coefficient (Wildman–Crippen LogP) is 4.17. The Hall–Kier alpha value is -0.930. The zero-order chi connectivity index (χ0) is 14.4. The fraction of sp³-hybridized carbons (Fsp3) is 0.625. The topological polar surface area (TPSA) is 30.5 Å². The van der Waals surface area contributed by atoms with Gasteiger partial charge < -0.3 is 14.8 Å². The van der Waals surface area contributed by atoms with E-state index in [1.807, 2.05) is 12.1 Å². The molecule has 1 saturated carbocycles. The number of benzene rings is 1. The Balaban J connectivity index is 2.04. The number of rotatable bonds is 7. The molecule has 0 spiro atoms. The minimum atomic E-state index is 0.626. The van der Waals surface area contributed by atoms with Gasteiger partial charge >= 0.3 is 0 Å². The van der Waals surface area contributed by atoms with Gasteiger partial charge in [-0.3, -0.25) is 0 Å². The summed E-state index contributed by atoms with van der Waals surface area (Å²) in [4.78, 5) is 0. The van der Waals surface area contributed by atoms with Gasteiger partial charge in [0.05, 0.1) is 18.7 Å². The molecule has 20 heavy (non-hydrogen) atoms. The first kappa shape index (κ1) is 15.5. The molecule has 0 atom stereocenters. The molecule has 0 unspecified atom stereocenters. The standard InChI is InChI=1S/C16H24ClNO2/c1-3-8-20-16-14(17)9-12(10-15(16)19-2)11-18-13-6-4-5-7-13/h9-10,13,18H,3-8,11H2,1-2H3. The average Bonchev–Trinajstić information content (AvgIpc) is 2.96. The number of halogens is 1. The largest absolute Gasteiger partial charge is 0.493 e. The van der Waals surface area contributed by atoms with E-state index >= 15 is 0 Å². The second-order valence-corrected chi connectivity index (χ2v) is 5.73. The van der Waals surface area contributed by atoms with Crippen molar-refractivity contribution < 1.29 is 9.47 Å². The Morgan fingerprint density at radius 3 is 2.70 bits per heavy atom. The molecular formula is C16H24ClNO2. The maximum Gasteiger partial charge on any atom is 0.179 e. The monoisotopic (exact) mass is 297 g/mol. The van der Waals surface area contributed by atoms with Crippen molar-refractivity contribution in [2.24, 2.45) is 0 Å². The van der Waals surface area contributed by atoms with Crippen LogP contribution in [-0.2, 0) is 6.54 Å². The lowest BCUT2D eigenvalue weighted by molar-refractivity contribution is 0.294. The summed E-state index contributed by atoms with van der Waals surface area (Å²) in [5.41, 5.74) is 1.14. The molecule has 1 aromatic carbocycles. The molecule has 0 radical (unpaired) electrons. The lowest BCUT2D eigenvalue weighted by atomic mass is 10.1. The van der Waals surface area contributed by atoms with Gasteiger partial charge in [0.25, 0.3) is 0 Å². The zero-order valence-electron chi connectivity index (χ0n) is 12.4. The maximum atomic E-state index is 6.31. The fourth-order valence-electron chi connectivity index (χ4n) is 2.61. The first-order chi connectivity index (χ1) is 9.74. The number of ether oxygens (including phenoxy) is 2. The Kier molecular flexibility index (Phi) is 5.99. The highest BCUT2D eigenvalue weighted by Crippen LogP contribution is 2.36. The molecule has 4 heteroatoms. The van der Waals surface area contributed by atoms with Crippen molar-refractivity contribution in [1.29, 1.82) is 0 Å². The average molecular weight is 298 g/mol. The van der Waals surface area contributed by atoms with Crippen LogP contribution < -0.4 is 14.8 Å². The molecule has 0 amide bonds. The van der Waals surface area contributed by atoms with E-state index in [9.17, 15) is 0 Å². The Morgan fingerprint density at radius 2 is 2.05 bits per heavy atom. The molecule has 1 N–H and O–H groups in total. The zero-order valence-corrected chi connectivity index (χ0v) is 13.1. The summed E-state index contributed by atoms with van der Waals surface area (Å²) in [6.45, 7) is 3.55. The van der Waals surface area contributed by atoms with E-state index in [1.165, 1.54) is 25.7 Å². The van der Waals surface area contributed by atoms with E-state index in [2.05, 4.69) is 12.2 Å². The van der Waals surface area contributed by atoms with E-state index < -0.39 is 0 Å². The van der Waals surface area contributed by atoms with Crippen molar-refractivity contribution >= 4 is 11.6 Å². The van der Waals surface area contributed by atoms with Crippen LogP contribution in [0.3, 0.4) is 0 Å². The second-order valence-electron chi connectivity index (χ2n) is 5.32. The van der Waals surface area contributed by atoms with E-state index in [4.69, 9.17) is 21.1 Å². The molecule has 3 nitrogen and oxygen atoms in total. The molecule has 0 saturated heterocycles. The van der Waals surface area contributed by atoms with Crippen molar-refractivity contribution in [3.05, 3.63) is 22.7 Å². The third kappa shape index (κ3) is 4.03. The Morgan fingerprint density at radius 1 is 1.30 bits per heavy atom. The smallest absolute Gasteiger partial charge is 0.179 e. The van der Waals surface area contributed by atoms with Gasteiger partial charge in [-0.25, -0.2) is 0 Å². The molecule has 0 aliphatic heterocycles. The van der Waals surface area contributed by atoms with Crippen LogP contribution in [0.15, 0.2) is 12.1 Å². The molecule has 0 aromatic heterocycles. The SMILES string of the molecule is CCCOc1c(Cl)cc(CNC2CCCC2)cc1OC. The molecule has 0 heterocycles. The minimum Gasteiger partial charge on any atom is -0.493 e. The summed E-state index contributed by atoms with van der Waals surface area (Å²) in [6, 6.07) is 4.63. The minimum absolute atomic E-state index is 0.626. The van der Waals surface area contributed by atoms with E-state index in [0.717, 1.165) is 18.5 Å². The van der Waals surface area contributed by atoms with Crippen LogP contribution in [0, 0.1) is 0 Å². The summed E-state index contributed by atoms with van der Waals surface area (Å²) < 4.78 is 11.1. The van der Waals surface area contributed by atoms with Crippen LogP contribution in [0.2, 0.25) is 5.02 Å². The van der Waals surface area contributed by atoms with Crippen molar-refractivity contribution in [3.8, 4) is 11.5 Å². The number of methoxy groups -OCH3 is 1. The van der Waals surface area contributed by atoms with Gasteiger partial charge in [-0.05, 0) is 37.0 Å². The van der Waals surface area contributed by atoms with Crippen molar-refractivity contribution in [3.63, 3.8) is 0 Å². The van der Waals surface area contributed by atoms with Gasteiger partial charge in [0.15, 0.2) is 11.5 Å². The van der Waals surface area contributed by atoms with Gasteiger partial charge in [-0.15, -0.1) is 0 Å². The molecule has 112 valence electrons. The Labute approximate surface area is 126 Å². The number of hydrogen-bond acceptors (Lipinski definition) is 3. The van der Waals surface area contributed by atoms with Gasteiger partial charge in [-0.1, -0.05) is 31.4 Å². The normalized spacial score (nSPS) is 15.6. The van der Waals surface area contributed by atoms with Crippen LogP contribution in [-0.4, -0.2) is 19.8 Å². The van der Waals surface area contributed by atoms with Gasteiger partial charge in [0, 0.05) is 12.6 Å². The molecule has 1 fully saturated rings. The van der Waals surface area contributed by atoms with Gasteiger partial charge in [-0.2, -0.15) is 0 Å². The van der Waals surface area contributed by atoms with Crippen molar-refractivity contribution in [2.75, 3.05) is 13.7 Å². The lowest BCUT2D eigenvalue weighted by Crippen LogP contribution is -2.25. The van der Waals surface area contributed by atoms with E-state index in [0.29, 0.717) is 29.2 Å². The van der Waals surface area contributed by atoms with Crippen LogP contribution >= 0.6 is 11.6 Å². The van der Waals surface area contributed by atoms with Crippen LogP contribution in [0.25, 0.3) is 0 Å². The first-order valence-electron chi connectivity index (χ1n) is 7.47. The van der Waals surface area contributed by atoms with Gasteiger partial charge in [0.1, 0.15) is 0 Å². The third-order valence-corrected chi connectivity index (χ3v) is 3.97. The third-order valence-electron chi connectivity index (χ3n) is 3.69. The second kappa shape index (κ2) is 7.75. The van der Waals surface area contributed by atoms with Crippen LogP contribution in [0.4, 0.5) is 0 Å². The molecule has 1 aromatic rings. The molecule has 0 bridgehead atoms. The summed E-state index contributed by atoms with van der Waals surface area (Å²) in [7, 11) is 1.65. The first-order valence-corrected chi connectivity index (χ1v) is 7.85. The summed E-state index contributed by atoms with van der Waals surface area (Å²) >= 11 is 6.31. The van der Waals surface area contributed by atoms with E-state index in [-0.39, 0.29) is 0 Å². The summed E-state index contributed by atoms with van der Waals surface area (Å²) in [5, 5.41) is 4.21. The Bertz CT molecular complexity index is 431. The molecule has 1 aliphatic rings. The summed E-state index contributed by atoms with van der Waals surface area (Å²) in [6.07, 6.45) is 6.19. The molecular weight excluding hydrogens is 274 g/mol. The lowest BCUT2D eigenvalue weighted by Gasteiger charge is -2.16. The highest BCUT2D eigenvalue weighted by atomic mass is 35.5. The van der Waals surface area contributed by atoms with Crippen LogP contribution in [0.1, 0.15) is 44.6 Å². The van der Waals surface area contributed by atoms with Crippen molar-refractivity contribution in [2.45, 2.75) is 51.6 Å². The van der Waals surface area contributed by atoms with Crippen molar-refractivity contribution in [1.82, 2.24) is 5.32 Å². The highest BCUT2D eigenvalue weighted by molar-refractivity contribution is 6.32. The van der Waals surface area contributed by atoms with Crippen LogP contribution in [0.5, 0.6) is 11.5 Å². The predicted molar refractivity (Wildman–Crippen MR) is 82.9 cm³/mol. The van der Waals surface area contributed by atoms with Gasteiger partial charge in [0.2, 0.25) is 0 Å². The summed E-state index contributed by atoms with van der Waals surface area (Å²) in [5.74, 6) is 1.37. The quantitative estimate of drug-likeness (QED) is 0.819. The highest BCUT2D eigenvalue weighted by Gasteiger charge is 2.16. The number of hydrogen-bond donors (Lipinski definition) is 1.